The Kier molecular flexibility index (Phi) is 13.8. The van der Waals surface area contributed by atoms with E-state index < -0.39 is 6.10 Å². The molecular formula is C18H34O2S2. The normalized spacial score (nSPS) is 24.0. The molecule has 1 atom stereocenters. The number of thioether (sulfide) groups is 2. The lowest BCUT2D eigenvalue weighted by atomic mass is 9.86. The van der Waals surface area contributed by atoms with E-state index in [2.05, 4.69) is 23.5 Å². The van der Waals surface area contributed by atoms with Gasteiger partial charge in [-0.15, -0.1) is 0 Å². The monoisotopic (exact) mass is 346 g/mol. The van der Waals surface area contributed by atoms with Gasteiger partial charge in [0.15, 0.2) is 0 Å². The van der Waals surface area contributed by atoms with Gasteiger partial charge >= 0.3 is 0 Å². The van der Waals surface area contributed by atoms with E-state index in [1.807, 2.05) is 0 Å². The Morgan fingerprint density at radius 1 is 0.727 bits per heavy atom. The maximum atomic E-state index is 10.2. The maximum Gasteiger partial charge on any atom is 0.148 e. The average molecular weight is 347 g/mol. The van der Waals surface area contributed by atoms with E-state index in [1.54, 1.807) is 0 Å². The molecule has 130 valence electrons. The van der Waals surface area contributed by atoms with Gasteiger partial charge in [-0.3, -0.25) is 0 Å². The van der Waals surface area contributed by atoms with Gasteiger partial charge in [0.05, 0.1) is 0 Å². The number of aliphatic hydroxyl groups excluding tert-OH is 1. The summed E-state index contributed by atoms with van der Waals surface area (Å²) in [5.41, 5.74) is 0. The summed E-state index contributed by atoms with van der Waals surface area (Å²) in [7, 11) is 0. The first-order chi connectivity index (χ1) is 10.8. The molecule has 2 saturated heterocycles. The standard InChI is InChI=1S/C8H14O2.2C5H10S/c9-6-8(10)7-4-2-1-3-5-7;2*1-2-4-6-5-3-1/h6-8,10H,1-5H2;2*1-5H2. The zero-order valence-electron chi connectivity index (χ0n) is 14.0. The smallest absolute Gasteiger partial charge is 0.148 e. The van der Waals surface area contributed by atoms with E-state index in [0.717, 1.165) is 12.8 Å². The van der Waals surface area contributed by atoms with Gasteiger partial charge in [-0.2, -0.15) is 23.5 Å². The second-order valence-electron chi connectivity index (χ2n) is 6.37. The molecule has 0 spiro atoms. The largest absolute Gasteiger partial charge is 0.385 e. The van der Waals surface area contributed by atoms with Crippen LogP contribution in [0.25, 0.3) is 0 Å². The number of hydrogen-bond acceptors (Lipinski definition) is 4. The molecular weight excluding hydrogens is 312 g/mol. The van der Waals surface area contributed by atoms with E-state index in [4.69, 9.17) is 5.11 Å². The van der Waals surface area contributed by atoms with Crippen molar-refractivity contribution in [3.8, 4) is 0 Å². The van der Waals surface area contributed by atoms with Crippen LogP contribution in [0.2, 0.25) is 0 Å². The van der Waals surface area contributed by atoms with Crippen LogP contribution in [0.5, 0.6) is 0 Å². The molecule has 3 fully saturated rings. The summed E-state index contributed by atoms with van der Waals surface area (Å²) in [5, 5.41) is 9.11. The van der Waals surface area contributed by atoms with Crippen LogP contribution >= 0.6 is 23.5 Å². The Hall–Kier alpha value is 0.330. The molecule has 2 heterocycles. The van der Waals surface area contributed by atoms with Gasteiger partial charge in [0, 0.05) is 0 Å². The molecule has 0 amide bonds. The van der Waals surface area contributed by atoms with Crippen molar-refractivity contribution in [2.45, 2.75) is 76.7 Å². The van der Waals surface area contributed by atoms with Gasteiger partial charge in [-0.25, -0.2) is 0 Å². The van der Waals surface area contributed by atoms with Crippen LogP contribution in [0.4, 0.5) is 0 Å². The molecule has 0 aromatic heterocycles. The second kappa shape index (κ2) is 14.9. The second-order valence-corrected chi connectivity index (χ2v) is 8.82. The van der Waals surface area contributed by atoms with Gasteiger partial charge in [0.25, 0.3) is 0 Å². The van der Waals surface area contributed by atoms with Crippen LogP contribution in [0.15, 0.2) is 0 Å². The zero-order chi connectivity index (χ0) is 15.9. The highest BCUT2D eigenvalue weighted by Gasteiger charge is 2.20. The summed E-state index contributed by atoms with van der Waals surface area (Å²) in [4.78, 5) is 10.2. The van der Waals surface area contributed by atoms with Crippen molar-refractivity contribution in [3.63, 3.8) is 0 Å². The van der Waals surface area contributed by atoms with E-state index >= 15 is 0 Å². The molecule has 22 heavy (non-hydrogen) atoms. The van der Waals surface area contributed by atoms with Crippen molar-refractivity contribution < 1.29 is 9.90 Å². The number of aliphatic hydroxyl groups is 1. The summed E-state index contributed by atoms with van der Waals surface area (Å²) < 4.78 is 0. The Morgan fingerprint density at radius 2 is 1.14 bits per heavy atom. The van der Waals surface area contributed by atoms with Crippen molar-refractivity contribution in [2.75, 3.05) is 23.0 Å². The third-order valence-electron chi connectivity index (χ3n) is 4.43. The number of hydrogen-bond donors (Lipinski definition) is 1. The first-order valence-electron chi connectivity index (χ1n) is 9.13. The fourth-order valence-corrected chi connectivity index (χ4v) is 5.00. The number of aldehydes is 1. The molecule has 3 aliphatic rings. The van der Waals surface area contributed by atoms with Crippen LogP contribution in [0.1, 0.15) is 70.6 Å². The SMILES string of the molecule is C1CCSCC1.C1CCSCC1.O=CC(O)C1CCCCC1. The van der Waals surface area contributed by atoms with E-state index in [0.29, 0.717) is 6.29 Å². The molecule has 1 N–H and O–H groups in total. The number of carbonyl (C=O) groups is 1. The van der Waals surface area contributed by atoms with Crippen molar-refractivity contribution >= 4 is 29.8 Å². The third kappa shape index (κ3) is 11.0. The van der Waals surface area contributed by atoms with Gasteiger partial charge in [0.1, 0.15) is 12.4 Å². The quantitative estimate of drug-likeness (QED) is 0.719. The molecule has 0 bridgehead atoms. The Bertz CT molecular complexity index is 212. The van der Waals surface area contributed by atoms with Crippen LogP contribution < -0.4 is 0 Å². The first-order valence-corrected chi connectivity index (χ1v) is 11.4. The van der Waals surface area contributed by atoms with Gasteiger partial charge in [-0.1, -0.05) is 32.1 Å². The van der Waals surface area contributed by atoms with Gasteiger partial charge in [-0.05, 0) is 67.5 Å². The highest BCUT2D eigenvalue weighted by atomic mass is 32.2. The van der Waals surface area contributed by atoms with Crippen molar-refractivity contribution in [2.24, 2.45) is 5.92 Å². The minimum Gasteiger partial charge on any atom is -0.385 e. The maximum absolute atomic E-state index is 10.2. The predicted octanol–water partition coefficient (Wildman–Crippen LogP) is 4.93. The fourth-order valence-electron chi connectivity index (χ4n) is 2.96. The minimum atomic E-state index is -0.694. The minimum absolute atomic E-state index is 0.256. The molecule has 1 saturated carbocycles. The Balaban J connectivity index is 0.000000174. The lowest BCUT2D eigenvalue weighted by Crippen LogP contribution is -2.23. The predicted molar refractivity (Wildman–Crippen MR) is 101 cm³/mol. The summed E-state index contributed by atoms with van der Waals surface area (Å²) in [6.45, 7) is 0. The van der Waals surface area contributed by atoms with Gasteiger partial charge < -0.3 is 9.90 Å². The fraction of sp³-hybridized carbons (Fsp3) is 0.944. The zero-order valence-corrected chi connectivity index (χ0v) is 15.6. The molecule has 3 rings (SSSR count). The lowest BCUT2D eigenvalue weighted by molar-refractivity contribution is -0.117. The first kappa shape index (κ1) is 20.4. The van der Waals surface area contributed by atoms with Gasteiger partial charge in [0.2, 0.25) is 0 Å². The number of rotatable bonds is 2. The Labute approximate surface area is 145 Å². The summed E-state index contributed by atoms with van der Waals surface area (Å²) in [6.07, 6.45) is 14.5. The van der Waals surface area contributed by atoms with Crippen molar-refractivity contribution in [1.29, 1.82) is 0 Å². The molecule has 1 aliphatic carbocycles. The Morgan fingerprint density at radius 3 is 1.41 bits per heavy atom. The van der Waals surface area contributed by atoms with Crippen LogP contribution in [-0.2, 0) is 4.79 Å². The molecule has 4 heteroatoms. The van der Waals surface area contributed by atoms with Crippen molar-refractivity contribution in [3.05, 3.63) is 0 Å². The van der Waals surface area contributed by atoms with E-state index in [9.17, 15) is 4.79 Å². The molecule has 1 unspecified atom stereocenters. The molecule has 2 aliphatic heterocycles. The highest BCUT2D eigenvalue weighted by Crippen LogP contribution is 2.25. The molecule has 0 aromatic carbocycles. The van der Waals surface area contributed by atoms with E-state index in [1.165, 1.54) is 80.8 Å². The van der Waals surface area contributed by atoms with Crippen molar-refractivity contribution in [1.82, 2.24) is 0 Å². The third-order valence-corrected chi connectivity index (χ3v) is 6.74. The summed E-state index contributed by atoms with van der Waals surface area (Å²) >= 11 is 4.19. The molecule has 2 nitrogen and oxygen atoms in total. The molecule has 0 radical (unpaired) electrons. The molecule has 0 aromatic rings. The highest BCUT2D eigenvalue weighted by molar-refractivity contribution is 7.99. The lowest BCUT2D eigenvalue weighted by Gasteiger charge is -2.22. The van der Waals surface area contributed by atoms with Crippen LogP contribution in [0.3, 0.4) is 0 Å². The summed E-state index contributed by atoms with van der Waals surface area (Å²) in [5.74, 6) is 5.92. The average Bonchev–Trinajstić information content (AvgIpc) is 2.66. The van der Waals surface area contributed by atoms with Crippen LogP contribution in [-0.4, -0.2) is 40.5 Å². The summed E-state index contributed by atoms with van der Waals surface area (Å²) in [6, 6.07) is 0. The number of carbonyl (C=O) groups excluding carboxylic acids is 1. The van der Waals surface area contributed by atoms with Crippen LogP contribution in [0, 0.1) is 5.92 Å². The topological polar surface area (TPSA) is 37.3 Å². The van der Waals surface area contributed by atoms with E-state index in [-0.39, 0.29) is 5.92 Å².